The van der Waals surface area contributed by atoms with Gasteiger partial charge >= 0.3 is 6.03 Å². The van der Waals surface area contributed by atoms with Crippen LogP contribution in [0, 0.1) is 17.5 Å². The number of pyridine rings is 1. The van der Waals surface area contributed by atoms with Crippen molar-refractivity contribution in [3.8, 4) is 0 Å². The van der Waals surface area contributed by atoms with Crippen LogP contribution in [0.4, 0.5) is 29.3 Å². The second-order valence-electron chi connectivity index (χ2n) is 9.23. The third-order valence-electron chi connectivity index (χ3n) is 6.68. The molecule has 1 saturated heterocycles. The van der Waals surface area contributed by atoms with E-state index >= 15 is 0 Å². The lowest BCUT2D eigenvalue weighted by atomic mass is 10.0. The molecule has 192 valence electrons. The Kier molecular flexibility index (Phi) is 6.18. The van der Waals surface area contributed by atoms with E-state index in [1.165, 1.54) is 11.8 Å². The van der Waals surface area contributed by atoms with Gasteiger partial charge in [-0.25, -0.2) is 22.9 Å². The number of benzene rings is 1. The number of carbonyl (C=O) groups is 3. The lowest BCUT2D eigenvalue weighted by Crippen LogP contribution is -2.47. The van der Waals surface area contributed by atoms with E-state index in [0.717, 1.165) is 0 Å². The summed E-state index contributed by atoms with van der Waals surface area (Å²) >= 11 is 0. The zero-order valence-electron chi connectivity index (χ0n) is 20.0. The minimum atomic E-state index is -1.62. The number of ketones is 1. The van der Waals surface area contributed by atoms with E-state index in [4.69, 9.17) is 0 Å². The van der Waals surface area contributed by atoms with E-state index in [-0.39, 0.29) is 42.3 Å². The zero-order chi connectivity index (χ0) is 26.4. The fourth-order valence-corrected chi connectivity index (χ4v) is 4.72. The molecule has 37 heavy (non-hydrogen) atoms. The highest BCUT2D eigenvalue weighted by Gasteiger charge is 2.37. The second kappa shape index (κ2) is 9.34. The molecule has 0 radical (unpaired) electrons. The molecule has 9 nitrogen and oxygen atoms in total. The molecule has 12 heteroatoms. The molecule has 2 atom stereocenters. The maximum Gasteiger partial charge on any atom is 0.322 e. The summed E-state index contributed by atoms with van der Waals surface area (Å²) in [5.74, 6) is -4.95. The first-order chi connectivity index (χ1) is 17.6. The SMILES string of the molecule is CC(=O)c1cccc(C2CC(=O)N(c3cnn4c3CN(C(=O)Nc3cc(F)c(F)c(F)c3)[C@@H](C)C4)C2)n1. The molecular weight excluding hydrogens is 489 g/mol. The largest absolute Gasteiger partial charge is 0.322 e. The molecule has 4 heterocycles. The van der Waals surface area contributed by atoms with Gasteiger partial charge in [-0.3, -0.25) is 14.3 Å². The summed E-state index contributed by atoms with van der Waals surface area (Å²) in [6, 6.07) is 5.62. The van der Waals surface area contributed by atoms with Gasteiger partial charge in [0, 0.05) is 49.3 Å². The van der Waals surface area contributed by atoms with Crippen LogP contribution in [0.3, 0.4) is 0 Å². The molecule has 0 aliphatic carbocycles. The number of halogens is 3. The Hall–Kier alpha value is -4.22. The number of carbonyl (C=O) groups excluding carboxylic acids is 3. The average molecular weight is 512 g/mol. The van der Waals surface area contributed by atoms with E-state index in [1.54, 1.807) is 40.9 Å². The molecule has 2 aliphatic heterocycles. The molecule has 0 spiro atoms. The van der Waals surface area contributed by atoms with Gasteiger partial charge in [-0.05, 0) is 19.1 Å². The Bertz CT molecular complexity index is 1400. The van der Waals surface area contributed by atoms with Crippen LogP contribution >= 0.6 is 0 Å². The number of urea groups is 1. The number of anilines is 2. The van der Waals surface area contributed by atoms with Gasteiger partial charge < -0.3 is 15.1 Å². The zero-order valence-corrected chi connectivity index (χ0v) is 20.0. The molecule has 1 fully saturated rings. The number of amides is 3. The van der Waals surface area contributed by atoms with E-state index in [2.05, 4.69) is 15.4 Å². The minimum Gasteiger partial charge on any atom is -0.314 e. The quantitative estimate of drug-likeness (QED) is 0.423. The molecule has 2 aliphatic rings. The Morgan fingerprint density at radius 1 is 1.11 bits per heavy atom. The van der Waals surface area contributed by atoms with Gasteiger partial charge in [0.15, 0.2) is 23.2 Å². The molecule has 0 saturated carbocycles. The lowest BCUT2D eigenvalue weighted by Gasteiger charge is -2.35. The summed E-state index contributed by atoms with van der Waals surface area (Å²) < 4.78 is 42.2. The summed E-state index contributed by atoms with van der Waals surface area (Å²) in [5.41, 5.74) is 1.95. The van der Waals surface area contributed by atoms with Crippen LogP contribution in [0.15, 0.2) is 36.5 Å². The number of Topliss-reactive ketones (excluding diaryl/α,β-unsaturated/α-hetero) is 1. The van der Waals surface area contributed by atoms with Crippen LogP contribution in [-0.4, -0.2) is 50.0 Å². The van der Waals surface area contributed by atoms with Crippen molar-refractivity contribution in [1.29, 1.82) is 0 Å². The smallest absolute Gasteiger partial charge is 0.314 e. The normalized spacial score (nSPS) is 19.2. The van der Waals surface area contributed by atoms with Crippen molar-refractivity contribution < 1.29 is 27.6 Å². The summed E-state index contributed by atoms with van der Waals surface area (Å²) in [7, 11) is 0. The first-order valence-corrected chi connectivity index (χ1v) is 11.7. The van der Waals surface area contributed by atoms with Gasteiger partial charge in [0.25, 0.3) is 0 Å². The first-order valence-electron chi connectivity index (χ1n) is 11.7. The van der Waals surface area contributed by atoms with Gasteiger partial charge in [-0.1, -0.05) is 6.07 Å². The fourth-order valence-electron chi connectivity index (χ4n) is 4.72. The molecule has 1 N–H and O–H groups in total. The first kappa shape index (κ1) is 24.5. The summed E-state index contributed by atoms with van der Waals surface area (Å²) in [5, 5.41) is 6.80. The standard InChI is InChI=1S/C25H23F3N6O3/c1-13-10-34-22(12-32(13)25(37)30-16-7-17(26)24(28)18(27)8-16)21(9-29-34)33-11-15(6-23(33)36)20-5-3-4-19(31-20)14(2)35/h3-5,7-9,13,15H,6,10-12H2,1-2H3,(H,30,37)/t13-,15?/m0/s1. The number of nitrogens with one attached hydrogen (secondary N) is 1. The number of aromatic nitrogens is 3. The molecule has 3 amide bonds. The predicted octanol–water partition coefficient (Wildman–Crippen LogP) is 3.85. The second-order valence-corrected chi connectivity index (χ2v) is 9.23. The monoisotopic (exact) mass is 512 g/mol. The summed E-state index contributed by atoms with van der Waals surface area (Å²) in [4.78, 5) is 45.1. The van der Waals surface area contributed by atoms with Crippen molar-refractivity contribution in [3.63, 3.8) is 0 Å². The maximum absolute atomic E-state index is 13.6. The molecule has 5 rings (SSSR count). The lowest BCUT2D eigenvalue weighted by molar-refractivity contribution is -0.117. The van der Waals surface area contributed by atoms with Gasteiger partial charge in [0.2, 0.25) is 5.91 Å². The molecule has 1 unspecified atom stereocenters. The highest BCUT2D eigenvalue weighted by molar-refractivity contribution is 5.97. The number of nitrogens with zero attached hydrogens (tertiary/aromatic N) is 5. The van der Waals surface area contributed by atoms with Crippen LogP contribution in [0.25, 0.3) is 0 Å². The highest BCUT2D eigenvalue weighted by atomic mass is 19.2. The molecule has 3 aromatic rings. The van der Waals surface area contributed by atoms with E-state index in [1.807, 2.05) is 0 Å². The third-order valence-corrected chi connectivity index (χ3v) is 6.68. The number of rotatable bonds is 4. The van der Waals surface area contributed by atoms with E-state index in [9.17, 15) is 27.6 Å². The molecule has 1 aromatic carbocycles. The van der Waals surface area contributed by atoms with Crippen molar-refractivity contribution in [3.05, 3.63) is 71.1 Å². The molecular formula is C25H23F3N6O3. The highest BCUT2D eigenvalue weighted by Crippen LogP contribution is 2.35. The van der Waals surface area contributed by atoms with Gasteiger partial charge in [-0.15, -0.1) is 0 Å². The van der Waals surface area contributed by atoms with Crippen molar-refractivity contribution in [2.24, 2.45) is 0 Å². The summed E-state index contributed by atoms with van der Waals surface area (Å²) in [6.07, 6.45) is 1.79. The van der Waals surface area contributed by atoms with Crippen molar-refractivity contribution in [2.45, 2.75) is 45.3 Å². The topological polar surface area (TPSA) is 100 Å². The Morgan fingerprint density at radius 2 is 1.84 bits per heavy atom. The Labute approximate surface area is 209 Å². The maximum atomic E-state index is 13.6. The van der Waals surface area contributed by atoms with Crippen LogP contribution in [0.1, 0.15) is 48.1 Å². The van der Waals surface area contributed by atoms with Crippen molar-refractivity contribution >= 4 is 29.1 Å². The summed E-state index contributed by atoms with van der Waals surface area (Å²) in [6.45, 7) is 3.98. The van der Waals surface area contributed by atoms with Gasteiger partial charge in [-0.2, -0.15) is 5.10 Å². The van der Waals surface area contributed by atoms with E-state index < -0.39 is 23.5 Å². The molecule has 0 bridgehead atoms. The van der Waals surface area contributed by atoms with Gasteiger partial charge in [0.05, 0.1) is 36.7 Å². The fraction of sp³-hybridized carbons (Fsp3) is 0.320. The number of fused-ring (bicyclic) bond motifs is 1. The minimum absolute atomic E-state index is 0.0843. The Morgan fingerprint density at radius 3 is 2.54 bits per heavy atom. The number of hydrogen-bond acceptors (Lipinski definition) is 5. The van der Waals surface area contributed by atoms with Crippen LogP contribution in [-0.2, 0) is 17.9 Å². The van der Waals surface area contributed by atoms with Crippen LogP contribution < -0.4 is 10.2 Å². The number of hydrogen-bond donors (Lipinski definition) is 1. The van der Waals surface area contributed by atoms with Crippen molar-refractivity contribution in [2.75, 3.05) is 16.8 Å². The van der Waals surface area contributed by atoms with Crippen LogP contribution in [0.5, 0.6) is 0 Å². The predicted molar refractivity (Wildman–Crippen MR) is 127 cm³/mol. The van der Waals surface area contributed by atoms with E-state index in [0.29, 0.717) is 48.0 Å². The third kappa shape index (κ3) is 4.54. The van der Waals surface area contributed by atoms with Crippen molar-refractivity contribution in [1.82, 2.24) is 19.7 Å². The van der Waals surface area contributed by atoms with Crippen LogP contribution in [0.2, 0.25) is 0 Å². The van der Waals surface area contributed by atoms with Gasteiger partial charge in [0.1, 0.15) is 5.69 Å². The average Bonchev–Trinajstić information content (AvgIpc) is 3.44. The Balaban J connectivity index is 1.36. The molecule has 2 aromatic heterocycles.